The number of aryl methyl sites for hydroxylation is 1. The fourth-order valence-electron chi connectivity index (χ4n) is 8.31. The van der Waals surface area contributed by atoms with Crippen LogP contribution in [-0.2, 0) is 6.42 Å². The maximum absolute atomic E-state index is 5.34. The highest BCUT2D eigenvalue weighted by atomic mass is 15.1. The lowest BCUT2D eigenvalue weighted by molar-refractivity contribution is 0.908. The van der Waals surface area contributed by atoms with Crippen LogP contribution in [0, 0.1) is 0 Å². The highest BCUT2D eigenvalue weighted by molar-refractivity contribution is 6.20. The number of hydrogen-bond donors (Lipinski definition) is 0. The molecule has 0 atom stereocenters. The SMILES string of the molecule is CCc1nc2c3c(-c4ccc(-c5nc(-c6cccc7ccccc67)nc(-c6cccc7ccccc67)n5)cc4)nc4ccccc4c3ccc2n1-c1ccccc1. The lowest BCUT2D eigenvalue weighted by Crippen LogP contribution is -2.01. The first-order valence-corrected chi connectivity index (χ1v) is 19.3. The van der Waals surface area contributed by atoms with Gasteiger partial charge in [0.25, 0.3) is 0 Å². The predicted octanol–water partition coefficient (Wildman–Crippen LogP) is 12.4. The third kappa shape index (κ3) is 5.45. The second kappa shape index (κ2) is 13.3. The van der Waals surface area contributed by atoms with Gasteiger partial charge in [-0.1, -0.05) is 159 Å². The molecule has 3 heterocycles. The molecule has 0 spiro atoms. The fraction of sp³-hybridized carbons (Fsp3) is 0.0392. The van der Waals surface area contributed by atoms with Crippen LogP contribution in [0.15, 0.2) is 176 Å². The van der Waals surface area contributed by atoms with E-state index >= 15 is 0 Å². The molecule has 0 radical (unpaired) electrons. The molecule has 0 saturated heterocycles. The van der Waals surface area contributed by atoms with E-state index in [1.54, 1.807) is 0 Å². The van der Waals surface area contributed by atoms with Gasteiger partial charge in [-0.15, -0.1) is 0 Å². The molecule has 11 aromatic rings. The summed E-state index contributed by atoms with van der Waals surface area (Å²) in [5.41, 5.74) is 8.75. The lowest BCUT2D eigenvalue weighted by atomic mass is 9.98. The van der Waals surface area contributed by atoms with E-state index in [0.29, 0.717) is 17.5 Å². The van der Waals surface area contributed by atoms with Gasteiger partial charge in [-0.3, -0.25) is 4.57 Å². The molecule has 11 rings (SSSR count). The molecule has 6 nitrogen and oxygen atoms in total. The largest absolute Gasteiger partial charge is 0.296 e. The van der Waals surface area contributed by atoms with Gasteiger partial charge in [-0.25, -0.2) is 24.9 Å². The molecule has 57 heavy (non-hydrogen) atoms. The van der Waals surface area contributed by atoms with Crippen LogP contribution in [0.5, 0.6) is 0 Å². The first-order chi connectivity index (χ1) is 28.2. The molecular formula is C51H34N6. The van der Waals surface area contributed by atoms with Gasteiger partial charge >= 0.3 is 0 Å². The molecule has 268 valence electrons. The molecule has 0 aliphatic rings. The minimum absolute atomic E-state index is 0.607. The number of nitrogens with zero attached hydrogens (tertiary/aromatic N) is 6. The molecule has 0 amide bonds. The number of imidazole rings is 1. The molecule has 0 unspecified atom stereocenters. The van der Waals surface area contributed by atoms with Gasteiger partial charge in [0, 0.05) is 45.1 Å². The average Bonchev–Trinajstić information content (AvgIpc) is 3.68. The maximum Gasteiger partial charge on any atom is 0.164 e. The van der Waals surface area contributed by atoms with Crippen molar-refractivity contribution in [1.82, 2.24) is 29.5 Å². The Kier molecular flexibility index (Phi) is 7.67. The third-order valence-corrected chi connectivity index (χ3v) is 11.0. The van der Waals surface area contributed by atoms with E-state index in [2.05, 4.69) is 175 Å². The zero-order valence-corrected chi connectivity index (χ0v) is 31.1. The Labute approximate surface area is 328 Å². The number of rotatable bonds is 6. The van der Waals surface area contributed by atoms with Gasteiger partial charge in [-0.2, -0.15) is 0 Å². The summed E-state index contributed by atoms with van der Waals surface area (Å²) in [5, 5.41) is 7.74. The Balaban J connectivity index is 1.11. The van der Waals surface area contributed by atoms with E-state index in [0.717, 1.165) is 100 Å². The summed E-state index contributed by atoms with van der Waals surface area (Å²) >= 11 is 0. The van der Waals surface area contributed by atoms with Crippen LogP contribution < -0.4 is 0 Å². The molecule has 0 bridgehead atoms. The van der Waals surface area contributed by atoms with Crippen LogP contribution in [0.25, 0.3) is 105 Å². The monoisotopic (exact) mass is 730 g/mol. The van der Waals surface area contributed by atoms with E-state index in [4.69, 9.17) is 24.9 Å². The highest BCUT2D eigenvalue weighted by Gasteiger charge is 2.20. The van der Waals surface area contributed by atoms with E-state index < -0.39 is 0 Å². The normalized spacial score (nSPS) is 11.7. The minimum Gasteiger partial charge on any atom is -0.296 e. The van der Waals surface area contributed by atoms with Crippen molar-refractivity contribution in [2.75, 3.05) is 0 Å². The molecule has 0 aliphatic heterocycles. The van der Waals surface area contributed by atoms with Gasteiger partial charge in [0.15, 0.2) is 17.5 Å². The van der Waals surface area contributed by atoms with Crippen molar-refractivity contribution in [2.45, 2.75) is 13.3 Å². The third-order valence-electron chi connectivity index (χ3n) is 11.0. The first kappa shape index (κ1) is 32.8. The van der Waals surface area contributed by atoms with Gasteiger partial charge in [0.2, 0.25) is 0 Å². The number of para-hydroxylation sites is 2. The Hall–Kier alpha value is -7.57. The molecule has 3 aromatic heterocycles. The molecule has 8 aromatic carbocycles. The number of aromatic nitrogens is 6. The summed E-state index contributed by atoms with van der Waals surface area (Å²) in [6.45, 7) is 2.16. The van der Waals surface area contributed by atoms with E-state index in [1.165, 1.54) is 0 Å². The summed E-state index contributed by atoms with van der Waals surface area (Å²) in [6.07, 6.45) is 0.795. The predicted molar refractivity (Wildman–Crippen MR) is 233 cm³/mol. The minimum atomic E-state index is 0.607. The van der Waals surface area contributed by atoms with Crippen molar-refractivity contribution in [3.05, 3.63) is 182 Å². The fourth-order valence-corrected chi connectivity index (χ4v) is 8.31. The zero-order valence-electron chi connectivity index (χ0n) is 31.1. The smallest absolute Gasteiger partial charge is 0.164 e. The molecule has 0 fully saturated rings. The van der Waals surface area contributed by atoms with Crippen LogP contribution in [0.3, 0.4) is 0 Å². The Bertz CT molecular complexity index is 3220. The number of fused-ring (bicyclic) bond motifs is 7. The Morgan fingerprint density at radius 3 is 1.65 bits per heavy atom. The van der Waals surface area contributed by atoms with Crippen molar-refractivity contribution in [1.29, 1.82) is 0 Å². The van der Waals surface area contributed by atoms with Gasteiger partial charge in [0.1, 0.15) is 5.82 Å². The van der Waals surface area contributed by atoms with Crippen molar-refractivity contribution in [3.8, 4) is 51.1 Å². The Morgan fingerprint density at radius 1 is 0.421 bits per heavy atom. The summed E-state index contributed by atoms with van der Waals surface area (Å²) < 4.78 is 2.28. The number of pyridine rings is 1. The molecule has 0 N–H and O–H groups in total. The second-order valence-electron chi connectivity index (χ2n) is 14.3. The quantitative estimate of drug-likeness (QED) is 0.159. The summed E-state index contributed by atoms with van der Waals surface area (Å²) in [4.78, 5) is 26.1. The van der Waals surface area contributed by atoms with Gasteiger partial charge in [0.05, 0.1) is 22.2 Å². The number of hydrogen-bond acceptors (Lipinski definition) is 5. The molecule has 0 aliphatic carbocycles. The Morgan fingerprint density at radius 2 is 0.982 bits per heavy atom. The lowest BCUT2D eigenvalue weighted by Gasteiger charge is -2.13. The molecule has 0 saturated carbocycles. The van der Waals surface area contributed by atoms with Crippen LogP contribution in [0.4, 0.5) is 0 Å². The van der Waals surface area contributed by atoms with Gasteiger partial charge in [-0.05, 0) is 51.2 Å². The van der Waals surface area contributed by atoms with Crippen LogP contribution >= 0.6 is 0 Å². The molecular weight excluding hydrogens is 697 g/mol. The van der Waals surface area contributed by atoms with Crippen LogP contribution in [0.2, 0.25) is 0 Å². The van der Waals surface area contributed by atoms with Crippen molar-refractivity contribution >= 4 is 54.3 Å². The maximum atomic E-state index is 5.34. The average molecular weight is 731 g/mol. The van der Waals surface area contributed by atoms with Crippen molar-refractivity contribution in [2.24, 2.45) is 0 Å². The van der Waals surface area contributed by atoms with E-state index in [9.17, 15) is 0 Å². The number of benzene rings is 8. The zero-order chi connectivity index (χ0) is 37.9. The topological polar surface area (TPSA) is 69.4 Å². The van der Waals surface area contributed by atoms with Crippen molar-refractivity contribution < 1.29 is 0 Å². The van der Waals surface area contributed by atoms with Gasteiger partial charge < -0.3 is 0 Å². The summed E-state index contributed by atoms with van der Waals surface area (Å²) in [6, 6.07) is 61.1. The van der Waals surface area contributed by atoms with E-state index in [-0.39, 0.29) is 0 Å². The second-order valence-corrected chi connectivity index (χ2v) is 14.3. The first-order valence-electron chi connectivity index (χ1n) is 19.3. The summed E-state index contributed by atoms with van der Waals surface area (Å²) in [7, 11) is 0. The molecule has 6 heteroatoms. The van der Waals surface area contributed by atoms with E-state index in [1.807, 2.05) is 12.1 Å². The standard InChI is InChI=1S/C51H34N6/c1-2-45-53-48-44(57(45)36-18-4-3-5-19-36)31-30-40-39-22-10-11-25-43(39)52-47(46(40)48)34-26-28-35(29-27-34)49-54-50(41-23-12-16-32-14-6-8-20-37(32)41)56-51(55-49)42-24-13-17-33-15-7-9-21-38(33)42/h3-31H,2H2,1H3. The summed E-state index contributed by atoms with van der Waals surface area (Å²) in [5.74, 6) is 2.88. The highest BCUT2D eigenvalue weighted by Crippen LogP contribution is 2.39. The van der Waals surface area contributed by atoms with Crippen LogP contribution in [0.1, 0.15) is 12.7 Å². The van der Waals surface area contributed by atoms with Crippen molar-refractivity contribution in [3.63, 3.8) is 0 Å². The van der Waals surface area contributed by atoms with Crippen LogP contribution in [-0.4, -0.2) is 29.5 Å².